The summed E-state index contributed by atoms with van der Waals surface area (Å²) in [4.78, 5) is 0. The Kier molecular flexibility index (Phi) is 4.26. The fourth-order valence-electron chi connectivity index (χ4n) is 2.23. The van der Waals surface area contributed by atoms with Crippen molar-refractivity contribution in [3.63, 3.8) is 0 Å². The van der Waals surface area contributed by atoms with E-state index in [1.807, 2.05) is 24.3 Å². The van der Waals surface area contributed by atoms with Crippen molar-refractivity contribution in [1.29, 1.82) is 0 Å². The fraction of sp³-hybridized carbons (Fsp3) is 0.111. The van der Waals surface area contributed by atoms with Gasteiger partial charge in [0.1, 0.15) is 11.5 Å². The molecular weight excluding hydrogens is 248 g/mol. The predicted molar refractivity (Wildman–Crippen MR) is 83.0 cm³/mol. The van der Waals surface area contributed by atoms with Crippen LogP contribution < -0.4 is 0 Å². The fourth-order valence-corrected chi connectivity index (χ4v) is 2.23. The summed E-state index contributed by atoms with van der Waals surface area (Å²) < 4.78 is 0. The normalized spacial score (nSPS) is 10.2. The average Bonchev–Trinajstić information content (AvgIpc) is 2.43. The van der Waals surface area contributed by atoms with Crippen molar-refractivity contribution in [2.75, 3.05) is 0 Å². The molecule has 0 aliphatic rings. The van der Waals surface area contributed by atoms with E-state index < -0.39 is 0 Å². The van der Waals surface area contributed by atoms with Gasteiger partial charge in [-0.15, -0.1) is 13.2 Å². The van der Waals surface area contributed by atoms with Gasteiger partial charge in [-0.3, -0.25) is 0 Å². The summed E-state index contributed by atoms with van der Waals surface area (Å²) in [6, 6.07) is 11.0. The Bertz CT molecular complexity index is 642. The first kappa shape index (κ1) is 13.9. The first-order chi connectivity index (χ1) is 9.67. The smallest absolute Gasteiger partial charge is 0.127 e. The van der Waals surface area contributed by atoms with Gasteiger partial charge in [0.25, 0.3) is 0 Å². The lowest BCUT2D eigenvalue weighted by Gasteiger charge is -2.11. The molecule has 2 heteroatoms. The largest absolute Gasteiger partial charge is 0.507 e. The molecule has 0 atom stereocenters. The highest BCUT2D eigenvalue weighted by Crippen LogP contribution is 2.37. The van der Waals surface area contributed by atoms with E-state index >= 15 is 0 Å². The zero-order valence-electron chi connectivity index (χ0n) is 11.3. The number of phenols is 2. The van der Waals surface area contributed by atoms with E-state index in [-0.39, 0.29) is 11.5 Å². The molecule has 2 rings (SSSR count). The van der Waals surface area contributed by atoms with Gasteiger partial charge in [-0.25, -0.2) is 0 Å². The molecule has 102 valence electrons. The first-order valence-corrected chi connectivity index (χ1v) is 6.52. The van der Waals surface area contributed by atoms with E-state index in [9.17, 15) is 10.2 Å². The zero-order chi connectivity index (χ0) is 14.5. The predicted octanol–water partition coefficient (Wildman–Crippen LogP) is 4.22. The minimum atomic E-state index is 0.162. The Hall–Kier alpha value is -2.48. The molecule has 2 aromatic carbocycles. The molecule has 0 aliphatic heterocycles. The van der Waals surface area contributed by atoms with Gasteiger partial charge in [-0.05, 0) is 30.0 Å². The third-order valence-electron chi connectivity index (χ3n) is 3.22. The number of rotatable bonds is 5. The molecular formula is C18H18O2. The Morgan fingerprint density at radius 2 is 1.65 bits per heavy atom. The lowest BCUT2D eigenvalue weighted by Crippen LogP contribution is -1.88. The Morgan fingerprint density at radius 1 is 0.900 bits per heavy atom. The molecule has 0 heterocycles. The second-order valence-corrected chi connectivity index (χ2v) is 4.65. The molecule has 0 spiro atoms. The van der Waals surface area contributed by atoms with Gasteiger partial charge in [-0.2, -0.15) is 0 Å². The lowest BCUT2D eigenvalue weighted by molar-refractivity contribution is 0.465. The third-order valence-corrected chi connectivity index (χ3v) is 3.22. The zero-order valence-corrected chi connectivity index (χ0v) is 11.3. The van der Waals surface area contributed by atoms with Crippen LogP contribution in [0.3, 0.4) is 0 Å². The van der Waals surface area contributed by atoms with Crippen LogP contribution in [0, 0.1) is 0 Å². The molecule has 0 saturated carbocycles. The maximum atomic E-state index is 10.3. The number of benzene rings is 2. The van der Waals surface area contributed by atoms with Crippen LogP contribution in [0.15, 0.2) is 61.7 Å². The molecule has 0 bridgehead atoms. The van der Waals surface area contributed by atoms with Crippen molar-refractivity contribution in [3.05, 3.63) is 72.8 Å². The lowest BCUT2D eigenvalue weighted by atomic mass is 9.97. The molecule has 0 amide bonds. The van der Waals surface area contributed by atoms with Crippen LogP contribution in [0.4, 0.5) is 0 Å². The van der Waals surface area contributed by atoms with Gasteiger partial charge in [0.05, 0.1) is 0 Å². The molecule has 0 fully saturated rings. The van der Waals surface area contributed by atoms with E-state index in [0.29, 0.717) is 24.0 Å². The van der Waals surface area contributed by atoms with Crippen molar-refractivity contribution in [3.8, 4) is 22.6 Å². The minimum absolute atomic E-state index is 0.162. The summed E-state index contributed by atoms with van der Waals surface area (Å²) in [5.41, 5.74) is 3.04. The maximum Gasteiger partial charge on any atom is 0.127 e. The highest BCUT2D eigenvalue weighted by atomic mass is 16.3. The molecule has 2 aromatic rings. The number of para-hydroxylation sites is 1. The summed E-state index contributed by atoms with van der Waals surface area (Å²) in [7, 11) is 0. The molecule has 0 saturated heterocycles. The van der Waals surface area contributed by atoms with E-state index in [0.717, 1.165) is 11.1 Å². The molecule has 2 nitrogen and oxygen atoms in total. The number of allylic oxidation sites excluding steroid dienone is 2. The Balaban J connectivity index is 2.48. The van der Waals surface area contributed by atoms with Crippen LogP contribution in [0.2, 0.25) is 0 Å². The van der Waals surface area contributed by atoms with E-state index in [1.54, 1.807) is 24.3 Å². The van der Waals surface area contributed by atoms with Crippen molar-refractivity contribution in [1.82, 2.24) is 0 Å². The van der Waals surface area contributed by atoms with Crippen LogP contribution in [-0.2, 0) is 12.8 Å². The molecule has 2 N–H and O–H groups in total. The second kappa shape index (κ2) is 6.11. The first-order valence-electron chi connectivity index (χ1n) is 6.52. The maximum absolute atomic E-state index is 10.3. The Labute approximate surface area is 119 Å². The SMILES string of the molecule is C=CCc1ccc(-c2cccc(CC=C)c2O)c(O)c1. The van der Waals surface area contributed by atoms with Crippen LogP contribution in [0.25, 0.3) is 11.1 Å². The summed E-state index contributed by atoms with van der Waals surface area (Å²) in [6.07, 6.45) is 4.83. The number of phenolic OH excluding ortho intramolecular Hbond substituents is 2. The Morgan fingerprint density at radius 3 is 2.30 bits per heavy atom. The van der Waals surface area contributed by atoms with E-state index in [1.165, 1.54) is 0 Å². The number of aromatic hydroxyl groups is 2. The minimum Gasteiger partial charge on any atom is -0.507 e. The standard InChI is InChI=1S/C18H18O2/c1-3-6-13-10-11-15(17(19)12-13)16-9-5-8-14(7-4-2)18(16)20/h3-5,8-12,19-20H,1-2,6-7H2. The summed E-state index contributed by atoms with van der Waals surface area (Å²) in [5.74, 6) is 0.356. The van der Waals surface area contributed by atoms with Crippen LogP contribution in [0.5, 0.6) is 11.5 Å². The third kappa shape index (κ3) is 2.75. The average molecular weight is 266 g/mol. The van der Waals surface area contributed by atoms with Crippen molar-refractivity contribution >= 4 is 0 Å². The highest BCUT2D eigenvalue weighted by Gasteiger charge is 2.12. The van der Waals surface area contributed by atoms with Gasteiger partial charge < -0.3 is 10.2 Å². The van der Waals surface area contributed by atoms with Crippen molar-refractivity contribution in [2.45, 2.75) is 12.8 Å². The molecule has 20 heavy (non-hydrogen) atoms. The van der Waals surface area contributed by atoms with Crippen LogP contribution in [0.1, 0.15) is 11.1 Å². The van der Waals surface area contributed by atoms with Gasteiger partial charge in [0.15, 0.2) is 0 Å². The summed E-state index contributed by atoms with van der Waals surface area (Å²) >= 11 is 0. The number of hydrogen-bond donors (Lipinski definition) is 2. The van der Waals surface area contributed by atoms with Gasteiger partial charge >= 0.3 is 0 Å². The van der Waals surface area contributed by atoms with E-state index in [4.69, 9.17) is 0 Å². The topological polar surface area (TPSA) is 40.5 Å². The van der Waals surface area contributed by atoms with Crippen LogP contribution >= 0.6 is 0 Å². The molecule has 0 aromatic heterocycles. The molecule has 0 aliphatic carbocycles. The molecule has 0 unspecified atom stereocenters. The summed E-state index contributed by atoms with van der Waals surface area (Å²) in [5, 5.41) is 20.4. The van der Waals surface area contributed by atoms with Crippen LogP contribution in [-0.4, -0.2) is 10.2 Å². The van der Waals surface area contributed by atoms with Crippen molar-refractivity contribution in [2.24, 2.45) is 0 Å². The van der Waals surface area contributed by atoms with E-state index in [2.05, 4.69) is 13.2 Å². The van der Waals surface area contributed by atoms with Gasteiger partial charge in [0, 0.05) is 11.1 Å². The second-order valence-electron chi connectivity index (χ2n) is 4.65. The van der Waals surface area contributed by atoms with Gasteiger partial charge in [-0.1, -0.05) is 42.5 Å². The quantitative estimate of drug-likeness (QED) is 0.795. The summed E-state index contributed by atoms with van der Waals surface area (Å²) in [6.45, 7) is 7.36. The van der Waals surface area contributed by atoms with Gasteiger partial charge in [0.2, 0.25) is 0 Å². The van der Waals surface area contributed by atoms with Crippen molar-refractivity contribution < 1.29 is 10.2 Å². The molecule has 0 radical (unpaired) electrons. The highest BCUT2D eigenvalue weighted by molar-refractivity contribution is 5.76. The monoisotopic (exact) mass is 266 g/mol. The number of hydrogen-bond acceptors (Lipinski definition) is 2.